The van der Waals surface area contributed by atoms with Crippen molar-refractivity contribution in [3.63, 3.8) is 0 Å². The molecule has 3 aromatic carbocycles. The van der Waals surface area contributed by atoms with Crippen molar-refractivity contribution in [2.75, 3.05) is 13.1 Å². The first-order valence-electron chi connectivity index (χ1n) is 12.0. The first-order chi connectivity index (χ1) is 16.2. The van der Waals surface area contributed by atoms with Crippen LogP contribution < -0.4 is 14.9 Å². The molecule has 0 spiro atoms. The van der Waals surface area contributed by atoms with Crippen LogP contribution in [-0.4, -0.2) is 34.4 Å². The quantitative estimate of drug-likeness (QED) is 0.269. The van der Waals surface area contributed by atoms with Crippen molar-refractivity contribution < 1.29 is 9.47 Å². The van der Waals surface area contributed by atoms with Gasteiger partial charge in [0.05, 0.1) is 16.4 Å². The number of aromatic nitrogens is 1. The van der Waals surface area contributed by atoms with Crippen molar-refractivity contribution in [3.8, 4) is 11.5 Å². The number of nitrogens with zero attached hydrogens (tertiary/aromatic N) is 2. The Hall–Kier alpha value is -3.31. The summed E-state index contributed by atoms with van der Waals surface area (Å²) in [5.74, 6) is 1.30. The molecule has 1 aliphatic heterocycles. The molecule has 5 nitrogen and oxygen atoms in total. The summed E-state index contributed by atoms with van der Waals surface area (Å²) in [6, 6.07) is 14.1. The SMILES string of the molecule is CCN(CC)C(C)Oc1cc2c(c3c1c(=O)c1cc4ccccc4cc1n3C)C=CC(C)(C)O2. The summed E-state index contributed by atoms with van der Waals surface area (Å²) in [4.78, 5) is 16.3. The van der Waals surface area contributed by atoms with Gasteiger partial charge in [-0.25, -0.2) is 0 Å². The molecule has 4 aromatic rings. The Morgan fingerprint density at radius 2 is 1.76 bits per heavy atom. The van der Waals surface area contributed by atoms with Crippen LogP contribution in [0.4, 0.5) is 0 Å². The van der Waals surface area contributed by atoms with Gasteiger partial charge in [-0.05, 0) is 68.9 Å². The van der Waals surface area contributed by atoms with E-state index in [9.17, 15) is 4.79 Å². The molecular formula is C29H32N2O3. The Morgan fingerprint density at radius 3 is 2.44 bits per heavy atom. The third-order valence-corrected chi connectivity index (χ3v) is 6.95. The van der Waals surface area contributed by atoms with Gasteiger partial charge in [-0.15, -0.1) is 0 Å². The molecule has 1 aliphatic rings. The third kappa shape index (κ3) is 3.55. The van der Waals surface area contributed by atoms with Crippen LogP contribution in [0.25, 0.3) is 38.7 Å². The van der Waals surface area contributed by atoms with Gasteiger partial charge in [0.1, 0.15) is 23.3 Å². The second-order valence-corrected chi connectivity index (χ2v) is 9.59. The monoisotopic (exact) mass is 456 g/mol. The summed E-state index contributed by atoms with van der Waals surface area (Å²) in [5.41, 5.74) is 2.18. The van der Waals surface area contributed by atoms with Crippen molar-refractivity contribution in [2.45, 2.75) is 46.4 Å². The Balaban J connectivity index is 1.88. The minimum atomic E-state index is -0.436. The van der Waals surface area contributed by atoms with Crippen molar-refractivity contribution >= 4 is 38.7 Å². The lowest BCUT2D eigenvalue weighted by Crippen LogP contribution is -2.37. The fourth-order valence-electron chi connectivity index (χ4n) is 5.08. The lowest BCUT2D eigenvalue weighted by Gasteiger charge is -2.31. The maximum atomic E-state index is 14.0. The van der Waals surface area contributed by atoms with E-state index < -0.39 is 5.60 Å². The highest BCUT2D eigenvalue weighted by atomic mass is 16.5. The van der Waals surface area contributed by atoms with Gasteiger partial charge in [0.15, 0.2) is 0 Å². The molecule has 0 amide bonds. The molecule has 0 fully saturated rings. The van der Waals surface area contributed by atoms with Crippen LogP contribution in [0.5, 0.6) is 11.5 Å². The maximum Gasteiger partial charge on any atom is 0.201 e. The molecule has 1 atom stereocenters. The molecular weight excluding hydrogens is 424 g/mol. The summed E-state index contributed by atoms with van der Waals surface area (Å²) in [7, 11) is 2.02. The lowest BCUT2D eigenvalue weighted by atomic mass is 9.97. The summed E-state index contributed by atoms with van der Waals surface area (Å²) < 4.78 is 14.9. The van der Waals surface area contributed by atoms with E-state index in [0.717, 1.165) is 46.2 Å². The predicted molar refractivity (Wildman–Crippen MR) is 141 cm³/mol. The molecule has 2 heterocycles. The molecule has 34 heavy (non-hydrogen) atoms. The topological polar surface area (TPSA) is 43.7 Å². The first kappa shape index (κ1) is 22.5. The van der Waals surface area contributed by atoms with Crippen LogP contribution in [0.2, 0.25) is 0 Å². The van der Waals surface area contributed by atoms with Crippen LogP contribution in [0.3, 0.4) is 0 Å². The summed E-state index contributed by atoms with van der Waals surface area (Å²) >= 11 is 0. The summed E-state index contributed by atoms with van der Waals surface area (Å²) in [6.45, 7) is 12.0. The molecule has 5 heteroatoms. The Bertz CT molecular complexity index is 1510. The highest BCUT2D eigenvalue weighted by molar-refractivity contribution is 6.05. The highest BCUT2D eigenvalue weighted by Gasteiger charge is 2.28. The zero-order valence-electron chi connectivity index (χ0n) is 20.8. The smallest absolute Gasteiger partial charge is 0.201 e. The number of ether oxygens (including phenoxy) is 2. The first-order valence-corrected chi connectivity index (χ1v) is 12.0. The highest BCUT2D eigenvalue weighted by Crippen LogP contribution is 2.41. The van der Waals surface area contributed by atoms with E-state index in [1.54, 1.807) is 0 Å². The third-order valence-electron chi connectivity index (χ3n) is 6.95. The number of benzene rings is 3. The number of hydrogen-bond donors (Lipinski definition) is 0. The van der Waals surface area contributed by atoms with Gasteiger partial charge in [-0.1, -0.05) is 38.1 Å². The average molecular weight is 457 g/mol. The van der Waals surface area contributed by atoms with Gasteiger partial charge in [0, 0.05) is 24.1 Å². The van der Waals surface area contributed by atoms with E-state index in [2.05, 4.69) is 41.5 Å². The van der Waals surface area contributed by atoms with Gasteiger partial charge < -0.3 is 14.0 Å². The van der Waals surface area contributed by atoms with E-state index >= 15 is 0 Å². The van der Waals surface area contributed by atoms with Crippen molar-refractivity contribution in [1.29, 1.82) is 0 Å². The average Bonchev–Trinajstić information content (AvgIpc) is 2.81. The molecule has 0 N–H and O–H groups in total. The van der Waals surface area contributed by atoms with E-state index in [-0.39, 0.29) is 11.7 Å². The van der Waals surface area contributed by atoms with E-state index in [4.69, 9.17) is 9.47 Å². The Morgan fingerprint density at radius 1 is 1.09 bits per heavy atom. The maximum absolute atomic E-state index is 14.0. The van der Waals surface area contributed by atoms with Gasteiger partial charge in [-0.3, -0.25) is 9.69 Å². The van der Waals surface area contributed by atoms with Gasteiger partial charge >= 0.3 is 0 Å². The molecule has 1 aromatic heterocycles. The molecule has 0 saturated carbocycles. The van der Waals surface area contributed by atoms with Crippen molar-refractivity contribution in [3.05, 3.63) is 64.3 Å². The molecule has 0 bridgehead atoms. The Kier molecular flexibility index (Phi) is 5.40. The standard InChI is InChI=1S/C29H32N2O3/c1-7-31(8-2)18(3)33-25-17-24-21(13-14-29(4,5)34-24)27-26(25)28(32)22-15-19-11-9-10-12-20(19)16-23(22)30(27)6/h9-18H,7-8H2,1-6H3. The van der Waals surface area contributed by atoms with Gasteiger partial charge in [0.2, 0.25) is 5.43 Å². The minimum Gasteiger partial charge on any atom is -0.483 e. The summed E-state index contributed by atoms with van der Waals surface area (Å²) in [5, 5.41) is 3.44. The lowest BCUT2D eigenvalue weighted by molar-refractivity contribution is 0.0488. The number of fused-ring (bicyclic) bond motifs is 5. The molecule has 0 saturated heterocycles. The van der Waals surface area contributed by atoms with Gasteiger partial charge in [0.25, 0.3) is 0 Å². The molecule has 0 aliphatic carbocycles. The van der Waals surface area contributed by atoms with Crippen LogP contribution >= 0.6 is 0 Å². The van der Waals surface area contributed by atoms with Crippen LogP contribution in [0, 0.1) is 0 Å². The largest absolute Gasteiger partial charge is 0.483 e. The number of rotatable bonds is 5. The fourth-order valence-corrected chi connectivity index (χ4v) is 5.08. The zero-order valence-corrected chi connectivity index (χ0v) is 20.8. The number of pyridine rings is 1. The van der Waals surface area contributed by atoms with E-state index in [1.807, 2.05) is 64.2 Å². The zero-order chi connectivity index (χ0) is 24.2. The van der Waals surface area contributed by atoms with Crippen molar-refractivity contribution in [1.82, 2.24) is 9.47 Å². The molecule has 1 unspecified atom stereocenters. The number of hydrogen-bond acceptors (Lipinski definition) is 4. The second-order valence-electron chi connectivity index (χ2n) is 9.59. The van der Waals surface area contributed by atoms with Crippen molar-refractivity contribution in [2.24, 2.45) is 7.05 Å². The minimum absolute atomic E-state index is 0.0170. The summed E-state index contributed by atoms with van der Waals surface area (Å²) in [6.07, 6.45) is 3.94. The Labute approximate surface area is 200 Å². The van der Waals surface area contributed by atoms with Crippen LogP contribution in [-0.2, 0) is 7.05 Å². The molecule has 176 valence electrons. The molecule has 5 rings (SSSR count). The predicted octanol–water partition coefficient (Wildman–Crippen LogP) is 6.10. The van der Waals surface area contributed by atoms with Gasteiger partial charge in [-0.2, -0.15) is 0 Å². The van der Waals surface area contributed by atoms with E-state index in [0.29, 0.717) is 16.5 Å². The second kappa shape index (κ2) is 8.17. The number of aryl methyl sites for hydroxylation is 1. The van der Waals surface area contributed by atoms with Crippen LogP contribution in [0.1, 0.15) is 40.2 Å². The van der Waals surface area contributed by atoms with E-state index in [1.165, 1.54) is 0 Å². The fraction of sp³-hybridized carbons (Fsp3) is 0.345. The van der Waals surface area contributed by atoms with Crippen LogP contribution in [0.15, 0.2) is 53.3 Å². The normalized spacial score (nSPS) is 15.6. The molecule has 0 radical (unpaired) electrons.